The van der Waals surface area contributed by atoms with Gasteiger partial charge >= 0.3 is 0 Å². The minimum Gasteiger partial charge on any atom is -0.507 e. The monoisotopic (exact) mass is 423 g/mol. The van der Waals surface area contributed by atoms with Gasteiger partial charge in [0.05, 0.1) is 11.3 Å². The molecule has 32 heavy (non-hydrogen) atoms. The second-order valence-corrected chi connectivity index (χ2v) is 7.72. The second kappa shape index (κ2) is 8.15. The van der Waals surface area contributed by atoms with Crippen molar-refractivity contribution in [1.82, 2.24) is 14.9 Å². The number of H-pyrrole nitrogens is 1. The third-order valence-electron chi connectivity index (χ3n) is 5.85. The normalized spacial score (nSPS) is 17.9. The summed E-state index contributed by atoms with van der Waals surface area (Å²) >= 11 is 0. The molecule has 0 radical (unpaired) electrons. The van der Waals surface area contributed by atoms with Crippen molar-refractivity contribution in [3.05, 3.63) is 108 Å². The third-order valence-corrected chi connectivity index (χ3v) is 5.85. The molecule has 2 aromatic carbocycles. The van der Waals surface area contributed by atoms with Crippen molar-refractivity contribution >= 4 is 28.4 Å². The molecule has 0 aliphatic carbocycles. The number of rotatable bonds is 5. The van der Waals surface area contributed by atoms with Gasteiger partial charge in [-0.25, -0.2) is 0 Å². The topological polar surface area (TPSA) is 86.3 Å². The molecule has 1 fully saturated rings. The van der Waals surface area contributed by atoms with Crippen LogP contribution in [0.2, 0.25) is 0 Å². The number of aromatic amines is 1. The van der Waals surface area contributed by atoms with Crippen molar-refractivity contribution in [2.45, 2.75) is 12.5 Å². The number of aliphatic hydroxyl groups is 1. The summed E-state index contributed by atoms with van der Waals surface area (Å²) in [5.41, 5.74) is 3.19. The van der Waals surface area contributed by atoms with Crippen LogP contribution in [0.3, 0.4) is 0 Å². The zero-order valence-electron chi connectivity index (χ0n) is 17.2. The minimum absolute atomic E-state index is 0.0684. The Bertz CT molecular complexity index is 1330. The first kappa shape index (κ1) is 19.8. The molecule has 5 rings (SSSR count). The van der Waals surface area contributed by atoms with Crippen LogP contribution >= 0.6 is 0 Å². The SMILES string of the molecule is O=C1C(=O)N(CCc2c[nH]c3ccccc23)C(c2ccccn2)C1=C(O)c1ccccc1. The number of pyridine rings is 1. The number of ketones is 1. The molecular weight excluding hydrogens is 402 g/mol. The second-order valence-electron chi connectivity index (χ2n) is 7.72. The van der Waals surface area contributed by atoms with Crippen LogP contribution in [0.5, 0.6) is 0 Å². The molecule has 1 atom stereocenters. The predicted octanol–water partition coefficient (Wildman–Crippen LogP) is 4.23. The molecular formula is C26H21N3O3. The molecule has 1 saturated heterocycles. The van der Waals surface area contributed by atoms with Gasteiger partial charge in [0.25, 0.3) is 11.7 Å². The van der Waals surface area contributed by atoms with Gasteiger partial charge < -0.3 is 15.0 Å². The molecule has 1 amide bonds. The lowest BCUT2D eigenvalue weighted by Gasteiger charge is -2.24. The number of aliphatic hydroxyl groups excluding tert-OH is 1. The summed E-state index contributed by atoms with van der Waals surface area (Å²) < 4.78 is 0. The average molecular weight is 423 g/mol. The molecule has 6 heteroatoms. The maximum absolute atomic E-state index is 13.1. The highest BCUT2D eigenvalue weighted by Crippen LogP contribution is 2.38. The van der Waals surface area contributed by atoms with E-state index in [9.17, 15) is 14.7 Å². The number of carbonyl (C=O) groups is 2. The zero-order valence-corrected chi connectivity index (χ0v) is 17.2. The maximum atomic E-state index is 13.1. The summed E-state index contributed by atoms with van der Waals surface area (Å²) in [6.45, 7) is 0.319. The third kappa shape index (κ3) is 3.36. The van der Waals surface area contributed by atoms with Gasteiger partial charge in [0, 0.05) is 35.4 Å². The van der Waals surface area contributed by atoms with E-state index < -0.39 is 17.7 Å². The molecule has 1 aliphatic rings. The van der Waals surface area contributed by atoms with E-state index in [0.717, 1.165) is 16.5 Å². The van der Waals surface area contributed by atoms with Crippen LogP contribution in [0.25, 0.3) is 16.7 Å². The molecule has 6 nitrogen and oxygen atoms in total. The first-order valence-corrected chi connectivity index (χ1v) is 10.4. The van der Waals surface area contributed by atoms with Crippen LogP contribution in [0.4, 0.5) is 0 Å². The van der Waals surface area contributed by atoms with E-state index in [2.05, 4.69) is 9.97 Å². The van der Waals surface area contributed by atoms with Gasteiger partial charge in [-0.2, -0.15) is 0 Å². The number of para-hydroxylation sites is 1. The smallest absolute Gasteiger partial charge is 0.295 e. The fourth-order valence-electron chi connectivity index (χ4n) is 4.29. The van der Waals surface area contributed by atoms with Gasteiger partial charge in [-0.1, -0.05) is 54.6 Å². The zero-order chi connectivity index (χ0) is 22.1. The van der Waals surface area contributed by atoms with Gasteiger partial charge in [0.15, 0.2) is 0 Å². The van der Waals surface area contributed by atoms with Crippen molar-refractivity contribution in [1.29, 1.82) is 0 Å². The number of carbonyl (C=O) groups excluding carboxylic acids is 2. The molecule has 158 valence electrons. The highest BCUT2D eigenvalue weighted by Gasteiger charge is 2.46. The van der Waals surface area contributed by atoms with E-state index in [1.165, 1.54) is 4.90 Å². The van der Waals surface area contributed by atoms with E-state index in [4.69, 9.17) is 0 Å². The van der Waals surface area contributed by atoms with Crippen LogP contribution in [0, 0.1) is 0 Å². The summed E-state index contributed by atoms with van der Waals surface area (Å²) in [6.07, 6.45) is 4.12. The number of nitrogens with one attached hydrogen (secondary N) is 1. The molecule has 3 heterocycles. The van der Waals surface area contributed by atoms with E-state index in [1.807, 2.05) is 42.6 Å². The summed E-state index contributed by atoms with van der Waals surface area (Å²) in [5, 5.41) is 12.1. The number of nitrogens with zero attached hydrogens (tertiary/aromatic N) is 2. The Hall–Kier alpha value is -4.19. The van der Waals surface area contributed by atoms with E-state index >= 15 is 0 Å². The fraction of sp³-hybridized carbons (Fsp3) is 0.115. The fourth-order valence-corrected chi connectivity index (χ4v) is 4.29. The number of hydrogen-bond acceptors (Lipinski definition) is 4. The number of amides is 1. The van der Waals surface area contributed by atoms with Gasteiger partial charge in [0.1, 0.15) is 11.8 Å². The van der Waals surface area contributed by atoms with E-state index in [0.29, 0.717) is 24.2 Å². The summed E-state index contributed by atoms with van der Waals surface area (Å²) in [7, 11) is 0. The number of Topliss-reactive ketones (excluding diaryl/α,β-unsaturated/α-hetero) is 1. The lowest BCUT2D eigenvalue weighted by molar-refractivity contribution is -0.139. The largest absolute Gasteiger partial charge is 0.507 e. The number of benzene rings is 2. The Kier molecular flexibility index (Phi) is 5.03. The Morgan fingerprint density at radius 1 is 0.969 bits per heavy atom. The molecule has 4 aromatic rings. The number of likely N-dealkylation sites (tertiary alicyclic amines) is 1. The van der Waals surface area contributed by atoms with Crippen LogP contribution < -0.4 is 0 Å². The van der Waals surface area contributed by atoms with Gasteiger partial charge in [0.2, 0.25) is 0 Å². The molecule has 1 unspecified atom stereocenters. The van der Waals surface area contributed by atoms with Gasteiger partial charge in [-0.05, 0) is 30.2 Å². The average Bonchev–Trinajstić information content (AvgIpc) is 3.37. The molecule has 0 spiro atoms. The maximum Gasteiger partial charge on any atom is 0.295 e. The Morgan fingerprint density at radius 3 is 2.50 bits per heavy atom. The van der Waals surface area contributed by atoms with Gasteiger partial charge in [-0.15, -0.1) is 0 Å². The highest BCUT2D eigenvalue weighted by atomic mass is 16.3. The van der Waals surface area contributed by atoms with Crippen LogP contribution in [0.1, 0.15) is 22.9 Å². The predicted molar refractivity (Wildman–Crippen MR) is 122 cm³/mol. The summed E-state index contributed by atoms with van der Waals surface area (Å²) in [6, 6.07) is 21.4. The molecule has 0 saturated carbocycles. The van der Waals surface area contributed by atoms with Crippen molar-refractivity contribution in [3.8, 4) is 0 Å². The highest BCUT2D eigenvalue weighted by molar-refractivity contribution is 6.46. The van der Waals surface area contributed by atoms with E-state index in [-0.39, 0.29) is 11.3 Å². The number of aromatic nitrogens is 2. The summed E-state index contributed by atoms with van der Waals surface area (Å²) in [5.74, 6) is -1.51. The molecule has 0 bridgehead atoms. The first-order valence-electron chi connectivity index (χ1n) is 10.4. The summed E-state index contributed by atoms with van der Waals surface area (Å²) in [4.78, 5) is 35.3. The minimum atomic E-state index is -0.749. The van der Waals surface area contributed by atoms with Crippen molar-refractivity contribution < 1.29 is 14.7 Å². The Labute approximate surface area is 184 Å². The standard InChI is InChI=1S/C26H21N3O3/c30-24(17-8-2-1-3-9-17)22-23(21-12-6-7-14-27-21)29(26(32)25(22)31)15-13-18-16-28-20-11-5-4-10-19(18)20/h1-12,14,16,23,28,30H,13,15H2. The van der Waals surface area contributed by atoms with Crippen molar-refractivity contribution in [3.63, 3.8) is 0 Å². The Balaban J connectivity index is 1.55. The van der Waals surface area contributed by atoms with E-state index in [1.54, 1.807) is 42.6 Å². The lowest BCUT2D eigenvalue weighted by atomic mass is 9.98. The van der Waals surface area contributed by atoms with Crippen LogP contribution in [0.15, 0.2) is 90.8 Å². The first-order chi connectivity index (χ1) is 15.6. The number of fused-ring (bicyclic) bond motifs is 1. The van der Waals surface area contributed by atoms with Crippen LogP contribution in [-0.4, -0.2) is 38.2 Å². The molecule has 2 aromatic heterocycles. The van der Waals surface area contributed by atoms with Crippen molar-refractivity contribution in [2.75, 3.05) is 6.54 Å². The molecule has 1 aliphatic heterocycles. The lowest BCUT2D eigenvalue weighted by Crippen LogP contribution is -2.32. The number of hydrogen-bond donors (Lipinski definition) is 2. The van der Waals surface area contributed by atoms with Gasteiger partial charge in [-0.3, -0.25) is 14.6 Å². The quantitative estimate of drug-likeness (QED) is 0.286. The van der Waals surface area contributed by atoms with Crippen LogP contribution in [-0.2, 0) is 16.0 Å². The molecule has 2 N–H and O–H groups in total. The Morgan fingerprint density at radius 2 is 1.72 bits per heavy atom. The van der Waals surface area contributed by atoms with Crippen molar-refractivity contribution in [2.24, 2.45) is 0 Å².